The number of carbonyl (C=O) groups is 1. The van der Waals surface area contributed by atoms with Crippen molar-refractivity contribution in [3.8, 4) is 5.75 Å². The molecule has 1 amide bonds. The van der Waals surface area contributed by atoms with Crippen molar-refractivity contribution < 1.29 is 14.1 Å². The summed E-state index contributed by atoms with van der Waals surface area (Å²) in [5.74, 6) is 0.729. The molecular formula is C17H14BrN3O3. The van der Waals surface area contributed by atoms with Crippen molar-refractivity contribution in [2.45, 2.75) is 13.5 Å². The first-order chi connectivity index (χ1) is 11.6. The van der Waals surface area contributed by atoms with Crippen LogP contribution in [0.5, 0.6) is 5.75 Å². The van der Waals surface area contributed by atoms with Crippen LogP contribution in [0.4, 0.5) is 0 Å². The largest absolute Gasteiger partial charge is 0.491 e. The van der Waals surface area contributed by atoms with Gasteiger partial charge in [0.1, 0.15) is 12.4 Å². The number of hydrogen-bond acceptors (Lipinski definition) is 5. The number of amides is 1. The molecule has 0 saturated heterocycles. The zero-order valence-corrected chi connectivity index (χ0v) is 14.5. The van der Waals surface area contributed by atoms with Crippen molar-refractivity contribution in [1.82, 2.24) is 15.0 Å². The van der Waals surface area contributed by atoms with E-state index in [0.29, 0.717) is 31.0 Å². The van der Waals surface area contributed by atoms with Crippen LogP contribution in [-0.2, 0) is 6.54 Å². The smallest absolute Gasteiger partial charge is 0.257 e. The van der Waals surface area contributed by atoms with Gasteiger partial charge in [0.25, 0.3) is 11.6 Å². The number of halogens is 1. The Labute approximate surface area is 146 Å². The van der Waals surface area contributed by atoms with Gasteiger partial charge in [-0.3, -0.25) is 4.79 Å². The van der Waals surface area contributed by atoms with E-state index in [1.165, 1.54) is 6.20 Å². The third-order valence-corrected chi connectivity index (χ3v) is 4.55. The summed E-state index contributed by atoms with van der Waals surface area (Å²) < 4.78 is 11.8. The van der Waals surface area contributed by atoms with Gasteiger partial charge in [-0.25, -0.2) is 4.98 Å². The van der Waals surface area contributed by atoms with Gasteiger partial charge in [0.15, 0.2) is 0 Å². The summed E-state index contributed by atoms with van der Waals surface area (Å²) >= 11 is 3.44. The Hall–Kier alpha value is -2.41. The van der Waals surface area contributed by atoms with Gasteiger partial charge in [-0.05, 0) is 25.1 Å². The lowest BCUT2D eigenvalue weighted by molar-refractivity contribution is 0.0733. The molecule has 2 aromatic heterocycles. The highest BCUT2D eigenvalue weighted by Crippen LogP contribution is 2.27. The fourth-order valence-electron chi connectivity index (χ4n) is 2.76. The third-order valence-electron chi connectivity index (χ3n) is 4.05. The monoisotopic (exact) mass is 387 g/mol. The molecule has 0 aliphatic carbocycles. The maximum atomic E-state index is 12.9. The molecule has 0 fully saturated rings. The number of rotatable bonds is 1. The molecule has 3 heterocycles. The van der Waals surface area contributed by atoms with Crippen LogP contribution in [-0.4, -0.2) is 34.1 Å². The van der Waals surface area contributed by atoms with E-state index in [4.69, 9.17) is 9.26 Å². The predicted molar refractivity (Wildman–Crippen MR) is 90.9 cm³/mol. The molecule has 0 bridgehead atoms. The fraction of sp³-hybridized carbons (Fsp3) is 0.235. The van der Waals surface area contributed by atoms with Crippen molar-refractivity contribution in [2.75, 3.05) is 13.2 Å². The Balaban J connectivity index is 1.65. The van der Waals surface area contributed by atoms with E-state index in [1.807, 2.05) is 25.1 Å². The van der Waals surface area contributed by atoms with E-state index in [1.54, 1.807) is 11.0 Å². The molecule has 3 aromatic rings. The van der Waals surface area contributed by atoms with Gasteiger partial charge < -0.3 is 14.2 Å². The predicted octanol–water partition coefficient (Wildman–Crippen LogP) is 3.33. The first-order valence-corrected chi connectivity index (χ1v) is 8.33. The number of aromatic nitrogens is 2. The lowest BCUT2D eigenvalue weighted by Gasteiger charge is -2.19. The quantitative estimate of drug-likeness (QED) is 0.640. The third kappa shape index (κ3) is 2.65. The Kier molecular flexibility index (Phi) is 3.72. The van der Waals surface area contributed by atoms with Crippen molar-refractivity contribution in [2.24, 2.45) is 0 Å². The molecule has 122 valence electrons. The Morgan fingerprint density at radius 1 is 1.33 bits per heavy atom. The van der Waals surface area contributed by atoms with Gasteiger partial charge in [-0.2, -0.15) is 0 Å². The van der Waals surface area contributed by atoms with Crippen LogP contribution in [0, 0.1) is 6.92 Å². The molecule has 7 heteroatoms. The summed E-state index contributed by atoms with van der Waals surface area (Å²) in [7, 11) is 0. The molecule has 24 heavy (non-hydrogen) atoms. The van der Waals surface area contributed by atoms with E-state index >= 15 is 0 Å². The number of hydrogen-bond donors (Lipinski definition) is 0. The molecular weight excluding hydrogens is 374 g/mol. The molecule has 0 spiro atoms. The molecule has 0 N–H and O–H groups in total. The van der Waals surface area contributed by atoms with Crippen LogP contribution >= 0.6 is 15.9 Å². The van der Waals surface area contributed by atoms with Crippen LogP contribution in [0.15, 0.2) is 39.5 Å². The summed E-state index contributed by atoms with van der Waals surface area (Å²) in [6, 6.07) is 7.63. The number of pyridine rings is 1. The van der Waals surface area contributed by atoms with Crippen LogP contribution in [0.3, 0.4) is 0 Å². The molecule has 0 atom stereocenters. The molecule has 0 unspecified atom stereocenters. The van der Waals surface area contributed by atoms with Gasteiger partial charge in [-0.15, -0.1) is 0 Å². The highest BCUT2D eigenvalue weighted by molar-refractivity contribution is 9.10. The van der Waals surface area contributed by atoms with Gasteiger partial charge >= 0.3 is 0 Å². The molecule has 1 aliphatic heterocycles. The minimum atomic E-state index is -0.0793. The van der Waals surface area contributed by atoms with Crippen LogP contribution in [0.2, 0.25) is 0 Å². The number of carbonyl (C=O) groups excluding carboxylic acids is 1. The molecule has 1 aromatic carbocycles. The van der Waals surface area contributed by atoms with Gasteiger partial charge in [0.2, 0.25) is 0 Å². The van der Waals surface area contributed by atoms with Gasteiger partial charge in [-0.1, -0.05) is 27.2 Å². The minimum Gasteiger partial charge on any atom is -0.491 e. The molecule has 1 aliphatic rings. The van der Waals surface area contributed by atoms with E-state index in [0.717, 1.165) is 26.9 Å². The van der Waals surface area contributed by atoms with Crippen LogP contribution < -0.4 is 4.74 Å². The first kappa shape index (κ1) is 15.1. The molecule has 4 rings (SSSR count). The summed E-state index contributed by atoms with van der Waals surface area (Å²) in [6.07, 6.45) is 1.53. The highest BCUT2D eigenvalue weighted by Gasteiger charge is 2.22. The van der Waals surface area contributed by atoms with Crippen molar-refractivity contribution >= 4 is 32.9 Å². The van der Waals surface area contributed by atoms with Crippen molar-refractivity contribution in [3.63, 3.8) is 0 Å². The normalized spacial score (nSPS) is 14.2. The molecule has 6 nitrogen and oxygen atoms in total. The summed E-state index contributed by atoms with van der Waals surface area (Å²) in [4.78, 5) is 18.8. The summed E-state index contributed by atoms with van der Waals surface area (Å²) in [5, 5.41) is 4.64. The van der Waals surface area contributed by atoms with Crippen LogP contribution in [0.25, 0.3) is 11.1 Å². The second kappa shape index (κ2) is 5.90. The topological polar surface area (TPSA) is 68.5 Å². The van der Waals surface area contributed by atoms with Gasteiger partial charge in [0.05, 0.1) is 23.2 Å². The summed E-state index contributed by atoms with van der Waals surface area (Å²) in [6.45, 7) is 3.31. The fourth-order valence-corrected chi connectivity index (χ4v) is 3.10. The molecule has 0 saturated carbocycles. The first-order valence-electron chi connectivity index (χ1n) is 7.54. The Morgan fingerprint density at radius 2 is 2.21 bits per heavy atom. The number of ether oxygens (including phenoxy) is 1. The average molecular weight is 388 g/mol. The van der Waals surface area contributed by atoms with E-state index < -0.39 is 0 Å². The number of nitrogens with zero attached hydrogens (tertiary/aromatic N) is 3. The van der Waals surface area contributed by atoms with E-state index in [-0.39, 0.29) is 5.91 Å². The lowest BCUT2D eigenvalue weighted by atomic mass is 10.1. The highest BCUT2D eigenvalue weighted by atomic mass is 79.9. The average Bonchev–Trinajstić information content (AvgIpc) is 2.83. The Morgan fingerprint density at radius 3 is 3.08 bits per heavy atom. The maximum Gasteiger partial charge on any atom is 0.257 e. The number of fused-ring (bicyclic) bond motifs is 2. The zero-order valence-electron chi connectivity index (χ0n) is 13.0. The Bertz CT molecular complexity index is 938. The molecule has 0 radical (unpaired) electrons. The second-order valence-electron chi connectivity index (χ2n) is 5.67. The SMILES string of the molecule is Cc1noc2ncc(C(=O)N3CCOc4cc(Br)ccc4C3)cc12. The maximum absolute atomic E-state index is 12.9. The number of aryl methyl sites for hydroxylation is 1. The van der Waals surface area contributed by atoms with Gasteiger partial charge in [0, 0.05) is 22.8 Å². The van der Waals surface area contributed by atoms with Crippen LogP contribution in [0.1, 0.15) is 21.6 Å². The second-order valence-corrected chi connectivity index (χ2v) is 6.59. The van der Waals surface area contributed by atoms with Crippen molar-refractivity contribution in [3.05, 3.63) is 51.8 Å². The standard InChI is InChI=1S/C17H14BrN3O3/c1-10-14-6-12(8-19-16(14)24-20-10)17(22)21-4-5-23-15-7-13(18)3-2-11(15)9-21/h2-3,6-8H,4-5,9H2,1H3. The van der Waals surface area contributed by atoms with E-state index in [9.17, 15) is 4.79 Å². The number of benzene rings is 1. The minimum absolute atomic E-state index is 0.0793. The lowest BCUT2D eigenvalue weighted by Crippen LogP contribution is -2.32. The summed E-state index contributed by atoms with van der Waals surface area (Å²) in [5.41, 5.74) is 2.67. The zero-order chi connectivity index (χ0) is 16.7. The van der Waals surface area contributed by atoms with Crippen molar-refractivity contribution in [1.29, 1.82) is 0 Å². The van der Waals surface area contributed by atoms with E-state index in [2.05, 4.69) is 26.1 Å².